The van der Waals surface area contributed by atoms with Gasteiger partial charge in [-0.15, -0.1) is 0 Å². The Bertz CT molecular complexity index is 1290. The summed E-state index contributed by atoms with van der Waals surface area (Å²) in [5, 5.41) is 14.1. The average Bonchev–Trinajstić information content (AvgIpc) is 3.16. The number of amides is 3. The standard InChI is InChI=1S/C27H29F3N4O4/c1-25(2)15-33(13-16-3-5-17(6-4-16)27(28,29)30)12-11-26(25,38)21-9-7-18-19(31-21)14-34(24(18)37)20-8-10-22(35)32-23(20)36/h3-7,9,20,38H,8,10-15H2,1-2H3,(H,32,35,36). The molecular formula is C27H29F3N4O4. The molecule has 0 aliphatic carbocycles. The second-order valence-electron chi connectivity index (χ2n) is 11.0. The highest BCUT2D eigenvalue weighted by Gasteiger charge is 2.50. The number of rotatable bonds is 4. The van der Waals surface area contributed by atoms with Crippen LogP contribution in [0.4, 0.5) is 13.2 Å². The van der Waals surface area contributed by atoms with Crippen molar-refractivity contribution in [3.63, 3.8) is 0 Å². The van der Waals surface area contributed by atoms with E-state index in [0.29, 0.717) is 43.0 Å². The minimum Gasteiger partial charge on any atom is -0.383 e. The van der Waals surface area contributed by atoms with Crippen LogP contribution in [0.3, 0.4) is 0 Å². The molecule has 8 nitrogen and oxygen atoms in total. The van der Waals surface area contributed by atoms with E-state index in [1.165, 1.54) is 17.0 Å². The molecule has 0 saturated carbocycles. The van der Waals surface area contributed by atoms with Gasteiger partial charge in [0.25, 0.3) is 5.91 Å². The quantitative estimate of drug-likeness (QED) is 0.590. The number of hydrogen-bond acceptors (Lipinski definition) is 6. The van der Waals surface area contributed by atoms with Crippen molar-refractivity contribution in [2.45, 2.75) is 64.0 Å². The van der Waals surface area contributed by atoms with Crippen molar-refractivity contribution in [2.24, 2.45) is 5.41 Å². The van der Waals surface area contributed by atoms with Crippen molar-refractivity contribution in [2.75, 3.05) is 13.1 Å². The van der Waals surface area contributed by atoms with Gasteiger partial charge in [0.05, 0.1) is 29.1 Å². The predicted molar refractivity (Wildman–Crippen MR) is 129 cm³/mol. The summed E-state index contributed by atoms with van der Waals surface area (Å²) in [5.74, 6) is -1.18. The summed E-state index contributed by atoms with van der Waals surface area (Å²) in [5.41, 5.74) is -0.607. The number of carbonyl (C=O) groups is 3. The third-order valence-electron chi connectivity index (χ3n) is 8.01. The fourth-order valence-corrected chi connectivity index (χ4v) is 5.76. The number of imide groups is 1. The number of alkyl halides is 3. The first kappa shape index (κ1) is 26.3. The molecule has 2 fully saturated rings. The highest BCUT2D eigenvalue weighted by atomic mass is 19.4. The zero-order chi connectivity index (χ0) is 27.5. The third kappa shape index (κ3) is 4.58. The van der Waals surface area contributed by atoms with Crippen molar-refractivity contribution in [3.05, 3.63) is 64.5 Å². The van der Waals surface area contributed by atoms with Crippen LogP contribution in [0.1, 0.15) is 66.0 Å². The van der Waals surface area contributed by atoms with Crippen LogP contribution in [0.5, 0.6) is 0 Å². The summed E-state index contributed by atoms with van der Waals surface area (Å²) in [4.78, 5) is 45.0. The molecule has 5 rings (SSSR count). The molecule has 3 aliphatic heterocycles. The predicted octanol–water partition coefficient (Wildman–Crippen LogP) is 2.98. The van der Waals surface area contributed by atoms with Crippen LogP contribution >= 0.6 is 0 Å². The molecule has 38 heavy (non-hydrogen) atoms. The first-order valence-electron chi connectivity index (χ1n) is 12.5. The minimum atomic E-state index is -4.38. The van der Waals surface area contributed by atoms with Crippen LogP contribution in [-0.2, 0) is 34.5 Å². The van der Waals surface area contributed by atoms with Gasteiger partial charge < -0.3 is 10.0 Å². The highest BCUT2D eigenvalue weighted by Crippen LogP contribution is 2.46. The molecule has 0 spiro atoms. The van der Waals surface area contributed by atoms with Gasteiger partial charge in [0.2, 0.25) is 11.8 Å². The molecule has 2 aromatic rings. The van der Waals surface area contributed by atoms with E-state index in [0.717, 1.165) is 17.7 Å². The van der Waals surface area contributed by atoms with Gasteiger partial charge in [-0.3, -0.25) is 29.6 Å². The molecule has 11 heteroatoms. The molecule has 2 atom stereocenters. The molecule has 3 amide bonds. The number of nitrogens with one attached hydrogen (secondary N) is 1. The van der Waals surface area contributed by atoms with Gasteiger partial charge in [-0.2, -0.15) is 13.2 Å². The fourth-order valence-electron chi connectivity index (χ4n) is 5.76. The van der Waals surface area contributed by atoms with E-state index in [4.69, 9.17) is 0 Å². The maximum absolute atomic E-state index is 13.0. The van der Waals surface area contributed by atoms with Crippen LogP contribution in [0.15, 0.2) is 36.4 Å². The first-order valence-corrected chi connectivity index (χ1v) is 12.5. The van der Waals surface area contributed by atoms with Gasteiger partial charge in [-0.1, -0.05) is 26.0 Å². The number of hydrogen-bond donors (Lipinski definition) is 2. The van der Waals surface area contributed by atoms with Crippen LogP contribution in [0.2, 0.25) is 0 Å². The van der Waals surface area contributed by atoms with Crippen molar-refractivity contribution < 1.29 is 32.7 Å². The summed E-state index contributed by atoms with van der Waals surface area (Å²) < 4.78 is 38.6. The Balaban J connectivity index is 1.31. The second kappa shape index (κ2) is 9.16. The van der Waals surface area contributed by atoms with Gasteiger partial charge >= 0.3 is 6.18 Å². The van der Waals surface area contributed by atoms with Crippen molar-refractivity contribution in [3.8, 4) is 0 Å². The molecule has 0 bridgehead atoms. The lowest BCUT2D eigenvalue weighted by atomic mass is 9.68. The van der Waals surface area contributed by atoms with Crippen molar-refractivity contribution in [1.82, 2.24) is 20.1 Å². The molecule has 2 saturated heterocycles. The van der Waals surface area contributed by atoms with Gasteiger partial charge in [0.15, 0.2) is 0 Å². The van der Waals surface area contributed by atoms with E-state index in [1.54, 1.807) is 12.1 Å². The Morgan fingerprint density at radius 2 is 1.82 bits per heavy atom. The van der Waals surface area contributed by atoms with Gasteiger partial charge in [0.1, 0.15) is 11.6 Å². The normalized spacial score (nSPS) is 25.9. The zero-order valence-electron chi connectivity index (χ0n) is 21.1. The van der Waals surface area contributed by atoms with Gasteiger partial charge in [-0.25, -0.2) is 0 Å². The molecule has 202 valence electrons. The van der Waals surface area contributed by atoms with Gasteiger partial charge in [-0.05, 0) is 42.7 Å². The highest BCUT2D eigenvalue weighted by molar-refractivity contribution is 6.05. The Kier molecular flexibility index (Phi) is 6.34. The van der Waals surface area contributed by atoms with E-state index >= 15 is 0 Å². The molecule has 1 aromatic heterocycles. The van der Waals surface area contributed by atoms with Crippen LogP contribution in [0, 0.1) is 5.41 Å². The minimum absolute atomic E-state index is 0.116. The zero-order valence-corrected chi connectivity index (χ0v) is 21.1. The smallest absolute Gasteiger partial charge is 0.383 e. The summed E-state index contributed by atoms with van der Waals surface area (Å²) in [7, 11) is 0. The Hall–Kier alpha value is -3.31. The summed E-state index contributed by atoms with van der Waals surface area (Å²) in [6.07, 6.45) is -3.62. The Morgan fingerprint density at radius 3 is 2.45 bits per heavy atom. The number of carbonyl (C=O) groups excluding carboxylic acids is 3. The third-order valence-corrected chi connectivity index (χ3v) is 8.01. The van der Waals surface area contributed by atoms with Crippen LogP contribution in [0.25, 0.3) is 0 Å². The molecule has 2 unspecified atom stereocenters. The number of aliphatic hydroxyl groups is 1. The maximum Gasteiger partial charge on any atom is 0.416 e. The first-order chi connectivity index (χ1) is 17.8. The molecule has 3 aliphatic rings. The average molecular weight is 531 g/mol. The van der Waals surface area contributed by atoms with Crippen molar-refractivity contribution >= 4 is 17.7 Å². The lowest BCUT2D eigenvalue weighted by Gasteiger charge is -2.50. The fraction of sp³-hybridized carbons (Fsp3) is 0.481. The molecule has 2 N–H and O–H groups in total. The van der Waals surface area contributed by atoms with Crippen molar-refractivity contribution in [1.29, 1.82) is 0 Å². The number of pyridine rings is 1. The number of likely N-dealkylation sites (tertiary alicyclic amines) is 1. The monoisotopic (exact) mass is 530 g/mol. The molecule has 4 heterocycles. The number of piperidine rings is 2. The van der Waals surface area contributed by atoms with E-state index in [9.17, 15) is 32.7 Å². The number of aromatic nitrogens is 1. The van der Waals surface area contributed by atoms with E-state index in [2.05, 4.69) is 15.2 Å². The number of halogens is 3. The lowest BCUT2D eigenvalue weighted by Crippen LogP contribution is -2.55. The van der Waals surface area contributed by atoms with E-state index in [1.807, 2.05) is 13.8 Å². The summed E-state index contributed by atoms with van der Waals surface area (Å²) in [6, 6.07) is 7.65. The largest absolute Gasteiger partial charge is 0.416 e. The summed E-state index contributed by atoms with van der Waals surface area (Å²) in [6.45, 7) is 5.38. The molecular weight excluding hydrogens is 501 g/mol. The topological polar surface area (TPSA) is 103 Å². The second-order valence-corrected chi connectivity index (χ2v) is 11.0. The number of nitrogens with zero attached hydrogens (tertiary/aromatic N) is 3. The van der Waals surface area contributed by atoms with Crippen LogP contribution in [-0.4, -0.2) is 56.7 Å². The van der Waals surface area contributed by atoms with Gasteiger partial charge in [0, 0.05) is 31.5 Å². The van der Waals surface area contributed by atoms with E-state index < -0.39 is 34.7 Å². The lowest BCUT2D eigenvalue weighted by molar-refractivity contribution is -0.138. The molecule has 0 radical (unpaired) electrons. The molecule has 1 aromatic carbocycles. The van der Waals surface area contributed by atoms with E-state index in [-0.39, 0.29) is 31.2 Å². The number of benzene rings is 1. The van der Waals surface area contributed by atoms with Crippen LogP contribution < -0.4 is 5.32 Å². The Morgan fingerprint density at radius 1 is 1.11 bits per heavy atom. The number of fused-ring (bicyclic) bond motifs is 1. The Labute approximate surface area is 217 Å². The SMILES string of the molecule is CC1(C)CN(Cc2ccc(C(F)(F)F)cc2)CCC1(O)c1ccc2c(n1)CN(C1CCC(=O)NC1=O)C2=O. The summed E-state index contributed by atoms with van der Waals surface area (Å²) >= 11 is 0. The maximum atomic E-state index is 13.0.